The minimum absolute atomic E-state index is 0.0590. The van der Waals surface area contributed by atoms with Crippen molar-refractivity contribution in [1.82, 2.24) is 9.97 Å². The number of carboxylic acids is 1. The molecule has 0 spiro atoms. The molecule has 0 saturated carbocycles. The van der Waals surface area contributed by atoms with Crippen LogP contribution in [0.2, 0.25) is 0 Å². The molecule has 4 rings (SSSR count). The Morgan fingerprint density at radius 2 is 1.74 bits per heavy atom. The lowest BCUT2D eigenvalue weighted by molar-refractivity contribution is -0.139. The van der Waals surface area contributed by atoms with Gasteiger partial charge in [0.15, 0.2) is 0 Å². The van der Waals surface area contributed by atoms with Crippen molar-refractivity contribution in [2.24, 2.45) is 0 Å². The first-order chi connectivity index (χ1) is 18.2. The van der Waals surface area contributed by atoms with Crippen molar-refractivity contribution in [3.63, 3.8) is 0 Å². The topological polar surface area (TPSA) is 102 Å². The molecule has 0 aliphatic carbocycles. The van der Waals surface area contributed by atoms with Crippen LogP contribution in [0.3, 0.4) is 0 Å². The highest BCUT2D eigenvalue weighted by molar-refractivity contribution is 5.79. The molecular weight excluding hydrogens is 487 g/mol. The standard InChI is InChI=1S/C30H29FN2O5/c1-18(2)19-7-9-20(10-8-19)29-30(25-14-23(37-3)11-12-26(25)31)32-16-22(33-29)17-38-24-6-4-5-21(13-24)27(34)15-28(35)36/h4-14,16,18,27,34H,15,17H2,1-3H3,(H,35,36)/t27-/m1/s1. The third-order valence-electron chi connectivity index (χ3n) is 6.10. The molecular formula is C30H29FN2O5. The highest BCUT2D eigenvalue weighted by Gasteiger charge is 2.18. The van der Waals surface area contributed by atoms with E-state index in [0.29, 0.717) is 40.1 Å². The second kappa shape index (κ2) is 11.8. The molecule has 0 unspecified atom stereocenters. The van der Waals surface area contributed by atoms with Crippen molar-refractivity contribution in [1.29, 1.82) is 0 Å². The Morgan fingerprint density at radius 1 is 0.974 bits per heavy atom. The first kappa shape index (κ1) is 26.8. The zero-order valence-electron chi connectivity index (χ0n) is 21.4. The van der Waals surface area contributed by atoms with Crippen molar-refractivity contribution in [2.75, 3.05) is 7.11 Å². The second-order valence-electron chi connectivity index (χ2n) is 9.16. The summed E-state index contributed by atoms with van der Waals surface area (Å²) in [5, 5.41) is 19.1. The predicted octanol–water partition coefficient (Wildman–Crippen LogP) is 6.17. The minimum atomic E-state index is -1.15. The molecule has 1 aromatic heterocycles. The molecule has 38 heavy (non-hydrogen) atoms. The zero-order chi connectivity index (χ0) is 27.2. The van der Waals surface area contributed by atoms with E-state index in [2.05, 4.69) is 18.8 Å². The molecule has 0 amide bonds. The summed E-state index contributed by atoms with van der Waals surface area (Å²) in [5.74, 6) is -0.238. The van der Waals surface area contributed by atoms with Gasteiger partial charge in [0, 0.05) is 11.1 Å². The Kier molecular flexibility index (Phi) is 8.33. The Hall–Kier alpha value is -4.30. The minimum Gasteiger partial charge on any atom is -0.497 e. The molecule has 0 radical (unpaired) electrons. The summed E-state index contributed by atoms with van der Waals surface area (Å²) in [7, 11) is 1.52. The van der Waals surface area contributed by atoms with E-state index < -0.39 is 24.3 Å². The Balaban J connectivity index is 1.67. The molecule has 0 bridgehead atoms. The van der Waals surface area contributed by atoms with E-state index in [-0.39, 0.29) is 12.2 Å². The quantitative estimate of drug-likeness (QED) is 0.260. The number of aliphatic hydroxyl groups excluding tert-OH is 1. The number of hydrogen-bond acceptors (Lipinski definition) is 6. The van der Waals surface area contributed by atoms with E-state index >= 15 is 0 Å². The van der Waals surface area contributed by atoms with Crippen molar-refractivity contribution in [3.8, 4) is 34.0 Å². The molecule has 0 aliphatic rings. The fourth-order valence-corrected chi connectivity index (χ4v) is 3.98. The van der Waals surface area contributed by atoms with Gasteiger partial charge in [-0.3, -0.25) is 9.78 Å². The average Bonchev–Trinajstić information content (AvgIpc) is 2.92. The Morgan fingerprint density at radius 3 is 2.42 bits per heavy atom. The summed E-state index contributed by atoms with van der Waals surface area (Å²) in [5.41, 5.74) is 4.04. The van der Waals surface area contributed by atoms with Crippen LogP contribution in [0.4, 0.5) is 4.39 Å². The van der Waals surface area contributed by atoms with E-state index in [1.54, 1.807) is 36.4 Å². The number of carbonyl (C=O) groups is 1. The first-order valence-electron chi connectivity index (χ1n) is 12.2. The van der Waals surface area contributed by atoms with Crippen LogP contribution in [0.25, 0.3) is 22.5 Å². The molecule has 1 atom stereocenters. The van der Waals surface area contributed by atoms with Crippen molar-refractivity contribution < 1.29 is 28.9 Å². The monoisotopic (exact) mass is 516 g/mol. The summed E-state index contributed by atoms with van der Waals surface area (Å²) in [4.78, 5) is 20.3. The molecule has 4 aromatic rings. The van der Waals surface area contributed by atoms with E-state index in [1.165, 1.54) is 24.9 Å². The Labute approximate surface area is 220 Å². The molecule has 7 nitrogen and oxygen atoms in total. The summed E-state index contributed by atoms with van der Waals surface area (Å²) < 4.78 is 26.1. The van der Waals surface area contributed by atoms with E-state index in [1.807, 2.05) is 24.3 Å². The van der Waals surface area contributed by atoms with Crippen molar-refractivity contribution in [2.45, 2.75) is 38.9 Å². The zero-order valence-corrected chi connectivity index (χ0v) is 21.4. The molecule has 3 aromatic carbocycles. The Bertz CT molecular complexity index is 1420. The van der Waals surface area contributed by atoms with E-state index in [9.17, 15) is 14.3 Å². The third kappa shape index (κ3) is 6.33. The van der Waals surface area contributed by atoms with Gasteiger partial charge >= 0.3 is 5.97 Å². The molecule has 196 valence electrons. The lowest BCUT2D eigenvalue weighted by atomic mass is 9.98. The number of aliphatic hydroxyl groups is 1. The number of rotatable bonds is 10. The fourth-order valence-electron chi connectivity index (χ4n) is 3.98. The van der Waals surface area contributed by atoms with Crippen LogP contribution < -0.4 is 9.47 Å². The van der Waals surface area contributed by atoms with Gasteiger partial charge in [0.05, 0.1) is 42.9 Å². The van der Waals surface area contributed by atoms with Crippen LogP contribution in [0.1, 0.15) is 49.1 Å². The molecule has 0 aliphatic heterocycles. The number of nitrogens with zero attached hydrogens (tertiary/aromatic N) is 2. The van der Waals surface area contributed by atoms with Crippen molar-refractivity contribution >= 4 is 5.97 Å². The highest BCUT2D eigenvalue weighted by Crippen LogP contribution is 2.33. The SMILES string of the molecule is COc1ccc(F)c(-c2ncc(COc3cccc([C@H](O)CC(=O)O)c3)nc2-c2ccc(C(C)C)cc2)c1. The smallest absolute Gasteiger partial charge is 0.306 e. The number of methoxy groups -OCH3 is 1. The van der Waals surface area contributed by atoms with Crippen LogP contribution in [-0.4, -0.2) is 33.3 Å². The molecule has 1 heterocycles. The van der Waals surface area contributed by atoms with Crippen LogP contribution in [0.15, 0.2) is 72.9 Å². The van der Waals surface area contributed by atoms with Crippen LogP contribution in [0, 0.1) is 5.82 Å². The number of aromatic nitrogens is 2. The van der Waals surface area contributed by atoms with Gasteiger partial charge in [0.1, 0.15) is 23.9 Å². The van der Waals surface area contributed by atoms with Crippen molar-refractivity contribution in [3.05, 3.63) is 95.6 Å². The fraction of sp³-hybridized carbons (Fsp3) is 0.233. The summed E-state index contributed by atoms with van der Waals surface area (Å²) in [6.45, 7) is 4.28. The summed E-state index contributed by atoms with van der Waals surface area (Å²) in [6.07, 6.45) is -0.0205. The second-order valence-corrected chi connectivity index (χ2v) is 9.16. The normalized spacial score (nSPS) is 11.8. The van der Waals surface area contributed by atoms with Crippen LogP contribution in [0.5, 0.6) is 11.5 Å². The predicted molar refractivity (Wildman–Crippen MR) is 141 cm³/mol. The number of hydrogen-bond donors (Lipinski definition) is 2. The largest absolute Gasteiger partial charge is 0.497 e. The van der Waals surface area contributed by atoms with Gasteiger partial charge in [-0.25, -0.2) is 9.37 Å². The number of ether oxygens (including phenoxy) is 2. The maximum Gasteiger partial charge on any atom is 0.306 e. The van der Waals surface area contributed by atoms with Gasteiger partial charge in [0.25, 0.3) is 0 Å². The number of benzene rings is 3. The van der Waals surface area contributed by atoms with Gasteiger partial charge in [0.2, 0.25) is 0 Å². The lowest BCUT2D eigenvalue weighted by Gasteiger charge is -2.14. The average molecular weight is 517 g/mol. The summed E-state index contributed by atoms with van der Waals surface area (Å²) in [6, 6.07) is 19.0. The molecule has 0 fully saturated rings. The third-order valence-corrected chi connectivity index (χ3v) is 6.10. The van der Waals surface area contributed by atoms with E-state index in [4.69, 9.17) is 19.6 Å². The number of halogens is 1. The van der Waals surface area contributed by atoms with Gasteiger partial charge in [-0.15, -0.1) is 0 Å². The molecule has 2 N–H and O–H groups in total. The van der Waals surface area contributed by atoms with Crippen LogP contribution >= 0.6 is 0 Å². The van der Waals surface area contributed by atoms with E-state index in [0.717, 1.165) is 5.56 Å². The molecule has 8 heteroatoms. The number of aliphatic carboxylic acids is 1. The lowest BCUT2D eigenvalue weighted by Crippen LogP contribution is -2.06. The first-order valence-corrected chi connectivity index (χ1v) is 12.2. The van der Waals surface area contributed by atoms with Crippen LogP contribution in [-0.2, 0) is 11.4 Å². The maximum atomic E-state index is 14.9. The summed E-state index contributed by atoms with van der Waals surface area (Å²) >= 11 is 0. The van der Waals surface area contributed by atoms with Gasteiger partial charge < -0.3 is 19.7 Å². The van der Waals surface area contributed by atoms with Gasteiger partial charge in [-0.05, 0) is 47.4 Å². The number of carboxylic acid groups (broad SMARTS) is 1. The maximum absolute atomic E-state index is 14.9. The van der Waals surface area contributed by atoms with Gasteiger partial charge in [-0.1, -0.05) is 50.2 Å². The van der Waals surface area contributed by atoms with Gasteiger partial charge in [-0.2, -0.15) is 0 Å². The molecule has 0 saturated heterocycles. The highest BCUT2D eigenvalue weighted by atomic mass is 19.1.